The number of nitrogens with one attached hydrogen (secondary N) is 1. The van der Waals surface area contributed by atoms with E-state index >= 15 is 8.78 Å². The largest absolute Gasteiger partial charge is 0.442 e. The molecule has 9 nitrogen and oxygen atoms in total. The van der Waals surface area contributed by atoms with E-state index in [1.54, 1.807) is 34.0 Å². The molecule has 3 aromatic heterocycles. The molecule has 0 spiro atoms. The minimum atomic E-state index is -0.955. The number of anilines is 1. The number of aromatic nitrogens is 5. The van der Waals surface area contributed by atoms with E-state index in [1.165, 1.54) is 30.2 Å². The predicted molar refractivity (Wildman–Crippen MR) is 131 cm³/mol. The number of pyridine rings is 1. The molecule has 0 radical (unpaired) electrons. The van der Waals surface area contributed by atoms with Crippen LogP contribution in [0.5, 0.6) is 0 Å². The standard InChI is InChI=1S/C24H23ClF2N6O3/c1-12(25)22(34)30-14-6-16(26)19(17(27)7-14)15-9-28-10-18-20(15)21(13-8-29-32(5)11-13)31-33(18)23(35)36-24(2,3)4/h6-12H,1-5H3,(H,30,34). The molecule has 0 bridgehead atoms. The topological polar surface area (TPSA) is 104 Å². The number of benzene rings is 1. The van der Waals surface area contributed by atoms with Crippen LogP contribution in [0.2, 0.25) is 0 Å². The number of aryl methyl sites for hydroxylation is 1. The number of fused-ring (bicyclic) bond motifs is 1. The first-order chi connectivity index (χ1) is 16.9. The van der Waals surface area contributed by atoms with Crippen molar-refractivity contribution in [2.45, 2.75) is 38.7 Å². The highest BCUT2D eigenvalue weighted by Crippen LogP contribution is 2.38. The summed E-state index contributed by atoms with van der Waals surface area (Å²) in [5, 5.41) is 10.3. The summed E-state index contributed by atoms with van der Waals surface area (Å²) in [6, 6.07) is 1.97. The SMILES string of the molecule is CC(Cl)C(=O)Nc1cc(F)c(-c2cncc3c2c(-c2cnn(C)c2)nn3C(=O)OC(C)(C)C)c(F)c1. The fourth-order valence-electron chi connectivity index (χ4n) is 3.59. The Morgan fingerprint density at radius 3 is 2.36 bits per heavy atom. The van der Waals surface area contributed by atoms with E-state index in [9.17, 15) is 9.59 Å². The van der Waals surface area contributed by atoms with Gasteiger partial charge in [-0.2, -0.15) is 14.9 Å². The maximum Gasteiger partial charge on any atom is 0.435 e. The Morgan fingerprint density at radius 2 is 1.81 bits per heavy atom. The van der Waals surface area contributed by atoms with Gasteiger partial charge in [0.15, 0.2) is 0 Å². The number of halogens is 3. The van der Waals surface area contributed by atoms with Gasteiger partial charge < -0.3 is 10.1 Å². The second kappa shape index (κ2) is 9.30. The van der Waals surface area contributed by atoms with Gasteiger partial charge in [0.05, 0.1) is 18.0 Å². The normalized spacial score (nSPS) is 12.6. The number of carbonyl (C=O) groups excluding carboxylic acids is 2. The highest BCUT2D eigenvalue weighted by atomic mass is 35.5. The lowest BCUT2D eigenvalue weighted by Crippen LogP contribution is -2.27. The lowest BCUT2D eigenvalue weighted by molar-refractivity contribution is -0.115. The maximum atomic E-state index is 15.3. The van der Waals surface area contributed by atoms with Crippen LogP contribution in [0.25, 0.3) is 33.3 Å². The molecule has 1 amide bonds. The number of hydrogen-bond donors (Lipinski definition) is 1. The van der Waals surface area contributed by atoms with Crippen LogP contribution in [0, 0.1) is 11.6 Å². The third-order valence-corrected chi connectivity index (χ3v) is 5.27. The van der Waals surface area contributed by atoms with Crippen molar-refractivity contribution in [3.05, 3.63) is 48.6 Å². The third-order valence-electron chi connectivity index (χ3n) is 5.08. The summed E-state index contributed by atoms with van der Waals surface area (Å²) in [6.45, 7) is 6.56. The zero-order chi connectivity index (χ0) is 26.4. The van der Waals surface area contributed by atoms with Crippen LogP contribution in [0.15, 0.2) is 36.9 Å². The lowest BCUT2D eigenvalue weighted by Gasteiger charge is -2.19. The van der Waals surface area contributed by atoms with E-state index in [-0.39, 0.29) is 27.8 Å². The van der Waals surface area contributed by atoms with Gasteiger partial charge in [0, 0.05) is 41.6 Å². The van der Waals surface area contributed by atoms with Crippen molar-refractivity contribution in [2.75, 3.05) is 5.32 Å². The monoisotopic (exact) mass is 516 g/mol. The second-order valence-electron chi connectivity index (χ2n) is 9.14. The molecule has 3 heterocycles. The molecule has 36 heavy (non-hydrogen) atoms. The molecule has 1 aromatic carbocycles. The van der Waals surface area contributed by atoms with E-state index in [0.717, 1.165) is 16.8 Å². The van der Waals surface area contributed by atoms with Crippen LogP contribution < -0.4 is 5.32 Å². The first-order valence-electron chi connectivity index (χ1n) is 10.9. The number of carbonyl (C=O) groups is 2. The van der Waals surface area contributed by atoms with Gasteiger partial charge in [0.1, 0.15) is 33.8 Å². The summed E-state index contributed by atoms with van der Waals surface area (Å²) in [5.74, 6) is -2.52. The molecular formula is C24H23ClF2N6O3. The number of ether oxygens (including phenoxy) is 1. The lowest BCUT2D eigenvalue weighted by atomic mass is 9.99. The molecule has 1 N–H and O–H groups in total. The average molecular weight is 517 g/mol. The van der Waals surface area contributed by atoms with Gasteiger partial charge in [0.25, 0.3) is 0 Å². The highest BCUT2D eigenvalue weighted by molar-refractivity contribution is 6.32. The molecule has 1 unspecified atom stereocenters. The number of amides is 1. The first kappa shape index (κ1) is 25.2. The number of alkyl halides is 1. The van der Waals surface area contributed by atoms with Crippen molar-refractivity contribution in [3.8, 4) is 22.4 Å². The minimum Gasteiger partial charge on any atom is -0.442 e. The zero-order valence-corrected chi connectivity index (χ0v) is 20.9. The Morgan fingerprint density at radius 1 is 1.14 bits per heavy atom. The highest BCUT2D eigenvalue weighted by Gasteiger charge is 2.27. The van der Waals surface area contributed by atoms with Gasteiger partial charge in [-0.1, -0.05) is 0 Å². The zero-order valence-electron chi connectivity index (χ0n) is 20.1. The van der Waals surface area contributed by atoms with Crippen LogP contribution >= 0.6 is 11.6 Å². The van der Waals surface area contributed by atoms with Gasteiger partial charge in [-0.05, 0) is 39.8 Å². The smallest absolute Gasteiger partial charge is 0.435 e. The van der Waals surface area contributed by atoms with Crippen molar-refractivity contribution in [1.29, 1.82) is 0 Å². The molecular weight excluding hydrogens is 494 g/mol. The molecule has 0 aliphatic heterocycles. The van der Waals surface area contributed by atoms with E-state index in [1.807, 2.05) is 0 Å². The van der Waals surface area contributed by atoms with Crippen LogP contribution in [0.4, 0.5) is 19.3 Å². The van der Waals surface area contributed by atoms with Crippen LogP contribution in [0.3, 0.4) is 0 Å². The number of rotatable bonds is 4. The van der Waals surface area contributed by atoms with E-state index in [0.29, 0.717) is 5.56 Å². The summed E-state index contributed by atoms with van der Waals surface area (Å²) < 4.78 is 38.6. The summed E-state index contributed by atoms with van der Waals surface area (Å²) >= 11 is 5.73. The fourth-order valence-corrected chi connectivity index (χ4v) is 3.64. The molecule has 0 fully saturated rings. The van der Waals surface area contributed by atoms with Crippen LogP contribution in [-0.2, 0) is 16.6 Å². The van der Waals surface area contributed by atoms with Crippen molar-refractivity contribution >= 4 is 40.2 Å². The molecule has 188 valence electrons. The van der Waals surface area contributed by atoms with Crippen molar-refractivity contribution < 1.29 is 23.1 Å². The Balaban J connectivity index is 1.94. The van der Waals surface area contributed by atoms with Gasteiger partial charge in [-0.3, -0.25) is 14.5 Å². The summed E-state index contributed by atoms with van der Waals surface area (Å²) in [7, 11) is 1.70. The van der Waals surface area contributed by atoms with Gasteiger partial charge in [-0.15, -0.1) is 11.6 Å². The Labute approximate surface area is 210 Å². The van der Waals surface area contributed by atoms with Crippen LogP contribution in [0.1, 0.15) is 27.7 Å². The average Bonchev–Trinajstić information content (AvgIpc) is 3.36. The van der Waals surface area contributed by atoms with Crippen molar-refractivity contribution in [2.24, 2.45) is 7.05 Å². The molecule has 4 aromatic rings. The maximum absolute atomic E-state index is 15.3. The Bertz CT molecular complexity index is 1470. The van der Waals surface area contributed by atoms with Gasteiger partial charge in [0.2, 0.25) is 5.91 Å². The molecule has 1 atom stereocenters. The first-order valence-corrected chi connectivity index (χ1v) is 11.3. The number of hydrogen-bond acceptors (Lipinski definition) is 6. The second-order valence-corrected chi connectivity index (χ2v) is 9.80. The van der Waals surface area contributed by atoms with Crippen molar-refractivity contribution in [3.63, 3.8) is 0 Å². The molecule has 12 heteroatoms. The summed E-state index contributed by atoms with van der Waals surface area (Å²) in [6.07, 6.45) is 5.04. The minimum absolute atomic E-state index is 0.0553. The fraction of sp³-hybridized carbons (Fsp3) is 0.292. The quantitative estimate of drug-likeness (QED) is 0.377. The van der Waals surface area contributed by atoms with Gasteiger partial charge >= 0.3 is 6.09 Å². The van der Waals surface area contributed by atoms with E-state index < -0.39 is 40.2 Å². The van der Waals surface area contributed by atoms with Crippen LogP contribution in [-0.4, -0.2) is 47.5 Å². The molecule has 0 aliphatic rings. The summed E-state index contributed by atoms with van der Waals surface area (Å²) in [5.41, 5.74) is -0.297. The van der Waals surface area contributed by atoms with E-state index in [4.69, 9.17) is 16.3 Å². The molecule has 4 rings (SSSR count). The molecule has 0 aliphatic carbocycles. The Kier molecular flexibility index (Phi) is 6.52. The molecule has 0 saturated carbocycles. The predicted octanol–water partition coefficient (Wildman–Crippen LogP) is 5.13. The Hall–Kier alpha value is -3.86. The van der Waals surface area contributed by atoms with E-state index in [2.05, 4.69) is 20.5 Å². The van der Waals surface area contributed by atoms with Crippen molar-refractivity contribution in [1.82, 2.24) is 24.5 Å². The third kappa shape index (κ3) is 4.92. The molecule has 0 saturated heterocycles. The van der Waals surface area contributed by atoms with Gasteiger partial charge in [-0.25, -0.2) is 13.6 Å². The summed E-state index contributed by atoms with van der Waals surface area (Å²) in [4.78, 5) is 28.9. The number of nitrogens with zero attached hydrogens (tertiary/aromatic N) is 5.